The van der Waals surface area contributed by atoms with E-state index in [1.807, 2.05) is 13.8 Å². The topological polar surface area (TPSA) is 37.3 Å². The molecule has 0 aromatic carbocycles. The monoisotopic (exact) mass is 140 g/mol. The Balaban J connectivity index is 2.83. The molecule has 0 aliphatic heterocycles. The van der Waals surface area contributed by atoms with Crippen LogP contribution in [0.4, 0.5) is 0 Å². The summed E-state index contributed by atoms with van der Waals surface area (Å²) in [5.41, 5.74) is 0.868. The molecule has 2 nitrogen and oxygen atoms in total. The van der Waals surface area contributed by atoms with Gasteiger partial charge in [-0.1, -0.05) is 6.92 Å². The van der Waals surface area contributed by atoms with Crippen molar-refractivity contribution >= 4 is 5.78 Å². The standard InChI is InChI=1S/C8H12O2/c1-3-6-4-7(9)8(10)5(6)2/h6,10H,3-4H2,1-2H3/t6-/m1/s1. The molecule has 0 saturated heterocycles. The molecule has 0 fully saturated rings. The Kier molecular flexibility index (Phi) is 1.79. The van der Waals surface area contributed by atoms with Crippen molar-refractivity contribution in [3.8, 4) is 0 Å². The first kappa shape index (κ1) is 7.32. The highest BCUT2D eigenvalue weighted by Crippen LogP contribution is 2.29. The zero-order valence-electron chi connectivity index (χ0n) is 6.35. The van der Waals surface area contributed by atoms with Crippen LogP contribution < -0.4 is 0 Å². The number of Topliss-reactive ketones (excluding diaryl/α,β-unsaturated/α-hetero) is 1. The Hall–Kier alpha value is -0.790. The zero-order chi connectivity index (χ0) is 7.72. The van der Waals surface area contributed by atoms with Gasteiger partial charge in [0.1, 0.15) is 0 Å². The normalized spacial score (nSPS) is 26.2. The Morgan fingerprint density at radius 1 is 1.70 bits per heavy atom. The average Bonchev–Trinajstić information content (AvgIpc) is 2.17. The van der Waals surface area contributed by atoms with E-state index in [0.717, 1.165) is 12.0 Å². The van der Waals surface area contributed by atoms with Crippen molar-refractivity contribution in [3.63, 3.8) is 0 Å². The lowest BCUT2D eigenvalue weighted by Crippen LogP contribution is -1.97. The molecule has 0 bridgehead atoms. The molecule has 0 aromatic heterocycles. The van der Waals surface area contributed by atoms with Crippen molar-refractivity contribution in [2.24, 2.45) is 5.92 Å². The minimum atomic E-state index is -0.0932. The van der Waals surface area contributed by atoms with Gasteiger partial charge >= 0.3 is 0 Å². The van der Waals surface area contributed by atoms with Crippen molar-refractivity contribution in [1.29, 1.82) is 0 Å². The maximum atomic E-state index is 10.8. The van der Waals surface area contributed by atoms with Crippen LogP contribution in [0.25, 0.3) is 0 Å². The van der Waals surface area contributed by atoms with Gasteiger partial charge in [-0.2, -0.15) is 0 Å². The predicted molar refractivity (Wildman–Crippen MR) is 38.7 cm³/mol. The summed E-state index contributed by atoms with van der Waals surface area (Å²) >= 11 is 0. The van der Waals surface area contributed by atoms with Crippen LogP contribution in [0.5, 0.6) is 0 Å². The van der Waals surface area contributed by atoms with Gasteiger partial charge in [-0.05, 0) is 24.8 Å². The molecule has 0 saturated carbocycles. The largest absolute Gasteiger partial charge is 0.504 e. The molecule has 0 spiro atoms. The molecule has 0 heterocycles. The molecule has 0 aromatic rings. The lowest BCUT2D eigenvalue weighted by Gasteiger charge is -2.03. The molecular formula is C8H12O2. The van der Waals surface area contributed by atoms with Gasteiger partial charge in [0, 0.05) is 6.42 Å². The van der Waals surface area contributed by atoms with Gasteiger partial charge in [-0.15, -0.1) is 0 Å². The number of aliphatic hydroxyl groups excluding tert-OH is 1. The summed E-state index contributed by atoms with van der Waals surface area (Å²) in [7, 11) is 0. The van der Waals surface area contributed by atoms with E-state index in [0.29, 0.717) is 12.3 Å². The molecule has 1 atom stereocenters. The highest BCUT2D eigenvalue weighted by Gasteiger charge is 2.27. The summed E-state index contributed by atoms with van der Waals surface area (Å²) in [5, 5.41) is 9.10. The maximum absolute atomic E-state index is 10.8. The van der Waals surface area contributed by atoms with Crippen LogP contribution in [0.2, 0.25) is 0 Å². The summed E-state index contributed by atoms with van der Waals surface area (Å²) in [6, 6.07) is 0. The minimum absolute atomic E-state index is 0.00634. The summed E-state index contributed by atoms with van der Waals surface area (Å²) < 4.78 is 0. The summed E-state index contributed by atoms with van der Waals surface area (Å²) in [4.78, 5) is 10.8. The fourth-order valence-electron chi connectivity index (χ4n) is 1.34. The van der Waals surface area contributed by atoms with Crippen LogP contribution in [0.1, 0.15) is 26.7 Å². The van der Waals surface area contributed by atoms with Crippen LogP contribution in [0.15, 0.2) is 11.3 Å². The van der Waals surface area contributed by atoms with E-state index in [9.17, 15) is 4.79 Å². The van der Waals surface area contributed by atoms with Crippen molar-refractivity contribution in [2.45, 2.75) is 26.7 Å². The maximum Gasteiger partial charge on any atom is 0.197 e. The molecule has 1 aliphatic rings. The number of rotatable bonds is 1. The van der Waals surface area contributed by atoms with Crippen molar-refractivity contribution in [3.05, 3.63) is 11.3 Å². The Bertz CT molecular complexity index is 191. The molecule has 1 N–H and O–H groups in total. The quantitative estimate of drug-likeness (QED) is 0.603. The van der Waals surface area contributed by atoms with Gasteiger partial charge in [0.15, 0.2) is 11.5 Å². The molecule has 0 radical (unpaired) electrons. The fraction of sp³-hybridized carbons (Fsp3) is 0.625. The molecule has 10 heavy (non-hydrogen) atoms. The SMILES string of the molecule is CC[C@@H]1CC(=O)C(O)=C1C. The van der Waals surface area contributed by atoms with Gasteiger partial charge in [0.25, 0.3) is 0 Å². The van der Waals surface area contributed by atoms with Gasteiger partial charge in [0.05, 0.1) is 0 Å². The van der Waals surface area contributed by atoms with Gasteiger partial charge in [0.2, 0.25) is 0 Å². The number of ketones is 1. The first-order chi connectivity index (χ1) is 4.66. The highest BCUT2D eigenvalue weighted by atomic mass is 16.3. The Labute approximate surface area is 60.6 Å². The third kappa shape index (κ3) is 0.939. The number of hydrogen-bond acceptors (Lipinski definition) is 2. The van der Waals surface area contributed by atoms with Gasteiger partial charge in [-0.25, -0.2) is 0 Å². The smallest absolute Gasteiger partial charge is 0.197 e. The van der Waals surface area contributed by atoms with E-state index >= 15 is 0 Å². The summed E-state index contributed by atoms with van der Waals surface area (Å²) in [6.45, 7) is 3.86. The zero-order valence-corrected chi connectivity index (χ0v) is 6.35. The number of aliphatic hydroxyl groups is 1. The Morgan fingerprint density at radius 3 is 2.50 bits per heavy atom. The number of carbonyl (C=O) groups excluding carboxylic acids is 1. The molecule has 56 valence electrons. The predicted octanol–water partition coefficient (Wildman–Crippen LogP) is 1.82. The third-order valence-electron chi connectivity index (χ3n) is 2.17. The summed E-state index contributed by atoms with van der Waals surface area (Å²) in [5.74, 6) is 0.212. The van der Waals surface area contributed by atoms with E-state index in [1.165, 1.54) is 0 Å². The van der Waals surface area contributed by atoms with Crippen LogP contribution in [-0.4, -0.2) is 10.9 Å². The second kappa shape index (κ2) is 2.45. The molecule has 0 amide bonds. The molecule has 1 rings (SSSR count). The minimum Gasteiger partial charge on any atom is -0.504 e. The van der Waals surface area contributed by atoms with E-state index in [4.69, 9.17) is 5.11 Å². The number of carbonyl (C=O) groups is 1. The van der Waals surface area contributed by atoms with Crippen LogP contribution in [0.3, 0.4) is 0 Å². The Morgan fingerprint density at radius 2 is 2.30 bits per heavy atom. The molecule has 1 aliphatic carbocycles. The van der Waals surface area contributed by atoms with E-state index < -0.39 is 0 Å². The highest BCUT2D eigenvalue weighted by molar-refractivity contribution is 5.96. The first-order valence-corrected chi connectivity index (χ1v) is 3.59. The van der Waals surface area contributed by atoms with E-state index in [1.54, 1.807) is 0 Å². The molecular weight excluding hydrogens is 128 g/mol. The number of hydrogen-bond donors (Lipinski definition) is 1. The molecule has 0 unspecified atom stereocenters. The van der Waals surface area contributed by atoms with Crippen molar-refractivity contribution in [2.75, 3.05) is 0 Å². The first-order valence-electron chi connectivity index (χ1n) is 3.59. The van der Waals surface area contributed by atoms with Crippen LogP contribution in [-0.2, 0) is 4.79 Å². The van der Waals surface area contributed by atoms with Crippen LogP contribution >= 0.6 is 0 Å². The lowest BCUT2D eigenvalue weighted by atomic mass is 10.0. The second-order valence-corrected chi connectivity index (χ2v) is 2.76. The van der Waals surface area contributed by atoms with Crippen molar-refractivity contribution < 1.29 is 9.90 Å². The fourth-order valence-corrected chi connectivity index (χ4v) is 1.34. The molecule has 2 heteroatoms. The summed E-state index contributed by atoms with van der Waals surface area (Å²) in [6.07, 6.45) is 1.45. The van der Waals surface area contributed by atoms with Crippen molar-refractivity contribution in [1.82, 2.24) is 0 Å². The van der Waals surface area contributed by atoms with E-state index in [2.05, 4.69) is 0 Å². The van der Waals surface area contributed by atoms with Gasteiger partial charge < -0.3 is 5.11 Å². The third-order valence-corrected chi connectivity index (χ3v) is 2.17. The average molecular weight is 140 g/mol. The van der Waals surface area contributed by atoms with E-state index in [-0.39, 0.29) is 11.5 Å². The second-order valence-electron chi connectivity index (χ2n) is 2.76. The lowest BCUT2D eigenvalue weighted by molar-refractivity contribution is -0.117. The number of allylic oxidation sites excluding steroid dienone is 2. The van der Waals surface area contributed by atoms with Gasteiger partial charge in [-0.3, -0.25) is 4.79 Å². The van der Waals surface area contributed by atoms with Crippen LogP contribution in [0, 0.1) is 5.92 Å².